The monoisotopic (exact) mass is 376 g/mol. The normalized spacial score (nSPS) is 12.1. The van der Waals surface area contributed by atoms with Gasteiger partial charge in [0.2, 0.25) is 5.91 Å². The molecule has 0 spiro atoms. The van der Waals surface area contributed by atoms with E-state index in [0.29, 0.717) is 29.5 Å². The Balaban J connectivity index is 2.78. The lowest BCUT2D eigenvalue weighted by Crippen LogP contribution is -2.47. The number of rotatable bonds is 8. The second kappa shape index (κ2) is 10.1. The summed E-state index contributed by atoms with van der Waals surface area (Å²) < 4.78 is 0. The van der Waals surface area contributed by atoms with Crippen LogP contribution in [0.2, 0.25) is 10.0 Å². The van der Waals surface area contributed by atoms with Crippen molar-refractivity contribution < 1.29 is 9.59 Å². The highest BCUT2D eigenvalue weighted by Crippen LogP contribution is 2.21. The number of carbonyl (C=O) groups excluding carboxylic acids is 2. The quantitative estimate of drug-likeness (QED) is 0.728. The molecule has 0 radical (unpaired) electrons. The standard InChI is InChI=1S/C16H22Cl2N2O2S/c1-10(2)9-19-16(22)14(6-7-23-3)20-15(21)12-5-4-11(17)8-13(12)18/h4-5,8,10,14H,6-7,9H2,1-3H3,(H,19,22)(H,20,21). The molecule has 0 aliphatic heterocycles. The van der Waals surface area contributed by atoms with Crippen LogP contribution in [-0.4, -0.2) is 36.4 Å². The summed E-state index contributed by atoms with van der Waals surface area (Å²) in [6.45, 7) is 4.61. The molecule has 128 valence electrons. The molecule has 7 heteroatoms. The molecule has 0 bridgehead atoms. The van der Waals surface area contributed by atoms with Crippen molar-refractivity contribution in [1.82, 2.24) is 10.6 Å². The fraction of sp³-hybridized carbons (Fsp3) is 0.500. The third-order valence-electron chi connectivity index (χ3n) is 3.09. The lowest BCUT2D eigenvalue weighted by atomic mass is 10.1. The first kappa shape index (κ1) is 20.1. The molecular weight excluding hydrogens is 355 g/mol. The fourth-order valence-corrected chi connectivity index (χ4v) is 2.81. The molecule has 0 aliphatic rings. The number of benzene rings is 1. The van der Waals surface area contributed by atoms with E-state index in [-0.39, 0.29) is 16.8 Å². The lowest BCUT2D eigenvalue weighted by Gasteiger charge is -2.19. The van der Waals surface area contributed by atoms with Crippen molar-refractivity contribution in [2.45, 2.75) is 26.3 Å². The molecule has 0 aliphatic carbocycles. The maximum absolute atomic E-state index is 12.4. The molecular formula is C16H22Cl2N2O2S. The maximum Gasteiger partial charge on any atom is 0.253 e. The molecule has 0 fully saturated rings. The Hall–Kier alpha value is -0.910. The van der Waals surface area contributed by atoms with Crippen LogP contribution in [0.1, 0.15) is 30.6 Å². The van der Waals surface area contributed by atoms with E-state index < -0.39 is 6.04 Å². The smallest absolute Gasteiger partial charge is 0.253 e. The first-order valence-corrected chi connectivity index (χ1v) is 9.52. The molecule has 0 saturated heterocycles. The van der Waals surface area contributed by atoms with Crippen molar-refractivity contribution in [3.8, 4) is 0 Å². The molecule has 23 heavy (non-hydrogen) atoms. The third-order valence-corrected chi connectivity index (χ3v) is 4.28. The minimum atomic E-state index is -0.583. The van der Waals surface area contributed by atoms with Crippen molar-refractivity contribution in [3.63, 3.8) is 0 Å². The highest BCUT2D eigenvalue weighted by molar-refractivity contribution is 7.98. The van der Waals surface area contributed by atoms with Crippen molar-refractivity contribution in [3.05, 3.63) is 33.8 Å². The summed E-state index contributed by atoms with van der Waals surface area (Å²) in [6, 6.07) is 4.07. The van der Waals surface area contributed by atoms with Gasteiger partial charge in [-0.25, -0.2) is 0 Å². The molecule has 2 N–H and O–H groups in total. The number of nitrogens with one attached hydrogen (secondary N) is 2. The number of thioether (sulfide) groups is 1. The summed E-state index contributed by atoms with van der Waals surface area (Å²) >= 11 is 13.5. The van der Waals surface area contributed by atoms with Gasteiger partial charge in [-0.2, -0.15) is 11.8 Å². The highest BCUT2D eigenvalue weighted by Gasteiger charge is 2.22. The zero-order chi connectivity index (χ0) is 17.4. The summed E-state index contributed by atoms with van der Waals surface area (Å²) in [5.74, 6) is 0.569. The minimum absolute atomic E-state index is 0.175. The van der Waals surface area contributed by atoms with Crippen molar-refractivity contribution in [2.24, 2.45) is 5.92 Å². The van der Waals surface area contributed by atoms with Crippen molar-refractivity contribution >= 4 is 46.8 Å². The lowest BCUT2D eigenvalue weighted by molar-refractivity contribution is -0.123. The van der Waals surface area contributed by atoms with Gasteiger partial charge in [0.05, 0.1) is 10.6 Å². The van der Waals surface area contributed by atoms with Gasteiger partial charge in [-0.1, -0.05) is 37.0 Å². The molecule has 1 rings (SSSR count). The molecule has 0 saturated carbocycles. The van der Waals surface area contributed by atoms with Crippen molar-refractivity contribution in [1.29, 1.82) is 0 Å². The number of hydrogen-bond donors (Lipinski definition) is 2. The summed E-state index contributed by atoms with van der Waals surface area (Å²) in [5, 5.41) is 6.34. The number of amides is 2. The van der Waals surface area contributed by atoms with Crippen LogP contribution in [0.5, 0.6) is 0 Å². The van der Waals surface area contributed by atoms with E-state index in [2.05, 4.69) is 10.6 Å². The Morgan fingerprint density at radius 3 is 2.52 bits per heavy atom. The van der Waals surface area contributed by atoms with Gasteiger partial charge in [0.15, 0.2) is 0 Å². The molecule has 4 nitrogen and oxygen atoms in total. The van der Waals surface area contributed by atoms with Crippen LogP contribution in [0.3, 0.4) is 0 Å². The zero-order valence-corrected chi connectivity index (χ0v) is 15.8. The first-order chi connectivity index (χ1) is 10.8. The van der Waals surface area contributed by atoms with Crippen LogP contribution < -0.4 is 10.6 Å². The molecule has 0 heterocycles. The first-order valence-electron chi connectivity index (χ1n) is 7.37. The average Bonchev–Trinajstić information content (AvgIpc) is 2.48. The second-order valence-electron chi connectivity index (χ2n) is 5.57. The molecule has 1 atom stereocenters. The summed E-state index contributed by atoms with van der Waals surface area (Å²) in [6.07, 6.45) is 2.52. The second-order valence-corrected chi connectivity index (χ2v) is 7.40. The topological polar surface area (TPSA) is 58.2 Å². The van der Waals surface area contributed by atoms with Gasteiger partial charge in [-0.05, 0) is 42.5 Å². The Bertz CT molecular complexity index is 553. The molecule has 1 aromatic carbocycles. The van der Waals surface area contributed by atoms with E-state index in [0.717, 1.165) is 5.75 Å². The Morgan fingerprint density at radius 1 is 1.26 bits per heavy atom. The molecule has 2 amide bonds. The Kier molecular flexibility index (Phi) is 8.81. The largest absolute Gasteiger partial charge is 0.354 e. The van der Waals surface area contributed by atoms with E-state index in [9.17, 15) is 9.59 Å². The molecule has 0 aromatic heterocycles. The van der Waals surface area contributed by atoms with Gasteiger partial charge < -0.3 is 10.6 Å². The van der Waals surface area contributed by atoms with E-state index in [1.807, 2.05) is 20.1 Å². The predicted molar refractivity (Wildman–Crippen MR) is 98.6 cm³/mol. The number of halogens is 2. The van der Waals surface area contributed by atoms with Crippen LogP contribution in [0, 0.1) is 5.92 Å². The summed E-state index contributed by atoms with van der Waals surface area (Å²) in [5.41, 5.74) is 0.307. The van der Waals surface area contributed by atoms with Gasteiger partial charge in [0.1, 0.15) is 6.04 Å². The molecule has 1 unspecified atom stereocenters. The third kappa shape index (κ3) is 7.02. The predicted octanol–water partition coefficient (Wildman–Crippen LogP) is 3.62. The fourth-order valence-electron chi connectivity index (χ4n) is 1.84. The van der Waals surface area contributed by atoms with Crippen molar-refractivity contribution in [2.75, 3.05) is 18.6 Å². The molecule has 1 aromatic rings. The summed E-state index contributed by atoms with van der Waals surface area (Å²) in [7, 11) is 0. The van der Waals surface area contributed by atoms with E-state index >= 15 is 0 Å². The van der Waals surface area contributed by atoms with E-state index in [4.69, 9.17) is 23.2 Å². The van der Waals surface area contributed by atoms with E-state index in [1.165, 1.54) is 6.07 Å². The van der Waals surface area contributed by atoms with E-state index in [1.54, 1.807) is 23.9 Å². The Labute approximate surface area is 151 Å². The van der Waals surface area contributed by atoms with Gasteiger partial charge in [0.25, 0.3) is 5.91 Å². The Morgan fingerprint density at radius 2 is 1.96 bits per heavy atom. The number of hydrogen-bond acceptors (Lipinski definition) is 3. The van der Waals surface area contributed by atoms with Gasteiger partial charge >= 0.3 is 0 Å². The highest BCUT2D eigenvalue weighted by atomic mass is 35.5. The van der Waals surface area contributed by atoms with Gasteiger partial charge in [-0.15, -0.1) is 0 Å². The summed E-state index contributed by atoms with van der Waals surface area (Å²) in [4.78, 5) is 24.6. The van der Waals surface area contributed by atoms with Crippen LogP contribution in [0.4, 0.5) is 0 Å². The van der Waals surface area contributed by atoms with Crippen LogP contribution in [-0.2, 0) is 4.79 Å². The zero-order valence-electron chi connectivity index (χ0n) is 13.5. The minimum Gasteiger partial charge on any atom is -0.354 e. The van der Waals surface area contributed by atoms with Crippen LogP contribution in [0.15, 0.2) is 18.2 Å². The average molecular weight is 377 g/mol. The maximum atomic E-state index is 12.4. The SMILES string of the molecule is CSCCC(NC(=O)c1ccc(Cl)cc1Cl)C(=O)NCC(C)C. The number of carbonyl (C=O) groups is 2. The van der Waals surface area contributed by atoms with Crippen LogP contribution >= 0.6 is 35.0 Å². The van der Waals surface area contributed by atoms with Crippen LogP contribution in [0.25, 0.3) is 0 Å². The van der Waals surface area contributed by atoms with Gasteiger partial charge in [-0.3, -0.25) is 9.59 Å². The van der Waals surface area contributed by atoms with Gasteiger partial charge in [0, 0.05) is 11.6 Å².